The lowest BCUT2D eigenvalue weighted by Gasteiger charge is -2.15. The van der Waals surface area contributed by atoms with Gasteiger partial charge in [-0.3, -0.25) is 14.0 Å². The Hall–Kier alpha value is -4.08. The zero-order valence-corrected chi connectivity index (χ0v) is 18.4. The van der Waals surface area contributed by atoms with Crippen LogP contribution in [0.1, 0.15) is 53.3 Å². The Morgan fingerprint density at radius 1 is 1.21 bits per heavy atom. The maximum absolute atomic E-state index is 12.6. The summed E-state index contributed by atoms with van der Waals surface area (Å²) >= 11 is 0. The van der Waals surface area contributed by atoms with Crippen molar-refractivity contribution in [3.05, 3.63) is 75.1 Å². The van der Waals surface area contributed by atoms with E-state index >= 15 is 0 Å². The number of H-pyrrole nitrogens is 1. The Bertz CT molecular complexity index is 1350. The number of phenols is 1. The molecule has 2 N–H and O–H groups in total. The summed E-state index contributed by atoms with van der Waals surface area (Å²) in [7, 11) is 0. The highest BCUT2D eigenvalue weighted by atomic mass is 16.5. The minimum absolute atomic E-state index is 0.0436. The fourth-order valence-corrected chi connectivity index (χ4v) is 3.68. The molecule has 0 atom stereocenters. The molecule has 0 bridgehead atoms. The molecule has 170 valence electrons. The molecular weight excluding hydrogens is 424 g/mol. The number of phenolic OH excluding ortho intramolecular Hbond substituents is 1. The molecule has 0 saturated heterocycles. The summed E-state index contributed by atoms with van der Waals surface area (Å²) in [4.78, 5) is 29.1. The number of aryl methyl sites for hydroxylation is 2. The average Bonchev–Trinajstić information content (AvgIpc) is 3.32. The second-order valence-corrected chi connectivity index (χ2v) is 7.67. The maximum Gasteiger partial charge on any atom is 0.258 e. The number of tetrazole rings is 1. The first-order chi connectivity index (χ1) is 16.0. The van der Waals surface area contributed by atoms with Gasteiger partial charge in [-0.25, -0.2) is 4.98 Å². The van der Waals surface area contributed by atoms with E-state index in [4.69, 9.17) is 4.74 Å². The van der Waals surface area contributed by atoms with Crippen LogP contribution in [0.2, 0.25) is 0 Å². The summed E-state index contributed by atoms with van der Waals surface area (Å²) < 4.78 is 7.51. The van der Waals surface area contributed by atoms with Gasteiger partial charge in [0.15, 0.2) is 11.6 Å². The van der Waals surface area contributed by atoms with Crippen LogP contribution in [0, 0.1) is 0 Å². The van der Waals surface area contributed by atoms with Gasteiger partial charge in [-0.15, -0.1) is 10.2 Å². The molecule has 4 aromatic rings. The largest absolute Gasteiger partial charge is 0.507 e. The summed E-state index contributed by atoms with van der Waals surface area (Å²) in [5.74, 6) is 0.795. The average molecular weight is 448 g/mol. The van der Waals surface area contributed by atoms with Gasteiger partial charge in [0, 0.05) is 35.5 Å². The van der Waals surface area contributed by atoms with Crippen LogP contribution in [0.3, 0.4) is 0 Å². The minimum atomic E-state index is -0.206. The molecule has 4 rings (SSSR count). The van der Waals surface area contributed by atoms with Gasteiger partial charge >= 0.3 is 0 Å². The van der Waals surface area contributed by atoms with Gasteiger partial charge in [-0.05, 0) is 38.0 Å². The highest BCUT2D eigenvalue weighted by molar-refractivity contribution is 5.97. The number of benzene rings is 1. The van der Waals surface area contributed by atoms with Gasteiger partial charge in [0.05, 0.1) is 5.56 Å². The van der Waals surface area contributed by atoms with Crippen molar-refractivity contribution < 1.29 is 14.6 Å². The normalized spacial score (nSPS) is 11.1. The molecule has 0 unspecified atom stereocenters. The number of aromatic hydroxyl groups is 1. The van der Waals surface area contributed by atoms with Crippen LogP contribution >= 0.6 is 0 Å². The van der Waals surface area contributed by atoms with Crippen LogP contribution in [0.4, 0.5) is 0 Å². The van der Waals surface area contributed by atoms with Crippen molar-refractivity contribution in [1.82, 2.24) is 30.0 Å². The lowest BCUT2D eigenvalue weighted by Crippen LogP contribution is -2.17. The van der Waals surface area contributed by atoms with E-state index in [1.807, 2.05) is 13.0 Å². The Kier molecular flexibility index (Phi) is 6.43. The SMILES string of the molecule is CCCc1c(OCc2cccn3c(=O)cc(CCc4nn[nH]n4)nc23)ccc(C(C)=O)c1O. The van der Waals surface area contributed by atoms with Crippen molar-refractivity contribution in [3.63, 3.8) is 0 Å². The van der Waals surface area contributed by atoms with Crippen molar-refractivity contribution in [1.29, 1.82) is 0 Å². The third kappa shape index (κ3) is 4.74. The Morgan fingerprint density at radius 2 is 2.06 bits per heavy atom. The highest BCUT2D eigenvalue weighted by Gasteiger charge is 2.17. The molecule has 0 aliphatic rings. The van der Waals surface area contributed by atoms with E-state index in [1.165, 1.54) is 17.4 Å². The van der Waals surface area contributed by atoms with Gasteiger partial charge in [0.25, 0.3) is 5.56 Å². The van der Waals surface area contributed by atoms with Gasteiger partial charge < -0.3 is 9.84 Å². The predicted molar refractivity (Wildman–Crippen MR) is 119 cm³/mol. The number of nitrogens with one attached hydrogen (secondary N) is 1. The molecule has 0 radical (unpaired) electrons. The molecule has 0 aliphatic carbocycles. The molecule has 0 spiro atoms. The van der Waals surface area contributed by atoms with Crippen molar-refractivity contribution in [2.45, 2.75) is 46.1 Å². The highest BCUT2D eigenvalue weighted by Crippen LogP contribution is 2.33. The molecule has 0 amide bonds. The molecule has 3 heterocycles. The predicted octanol–water partition coefficient (Wildman–Crippen LogP) is 2.43. The number of aromatic nitrogens is 6. The molecule has 0 fully saturated rings. The van der Waals surface area contributed by atoms with Crippen LogP contribution in [-0.2, 0) is 25.9 Å². The van der Waals surface area contributed by atoms with E-state index in [0.717, 1.165) is 6.42 Å². The number of carbonyl (C=O) groups excluding carboxylic acids is 1. The number of carbonyl (C=O) groups is 1. The Balaban J connectivity index is 1.63. The fraction of sp³-hybridized carbons (Fsp3) is 0.304. The van der Waals surface area contributed by atoms with Crippen LogP contribution < -0.4 is 10.3 Å². The van der Waals surface area contributed by atoms with Crippen LogP contribution in [0.15, 0.2) is 41.3 Å². The van der Waals surface area contributed by atoms with E-state index in [0.29, 0.717) is 53.3 Å². The number of hydrogen-bond acceptors (Lipinski definition) is 8. The van der Waals surface area contributed by atoms with Gasteiger partial charge in [-0.2, -0.15) is 5.21 Å². The van der Waals surface area contributed by atoms with E-state index in [9.17, 15) is 14.7 Å². The molecule has 10 nitrogen and oxygen atoms in total. The number of aromatic amines is 1. The van der Waals surface area contributed by atoms with Crippen molar-refractivity contribution >= 4 is 11.4 Å². The lowest BCUT2D eigenvalue weighted by atomic mass is 10.0. The van der Waals surface area contributed by atoms with Crippen LogP contribution in [0.5, 0.6) is 11.5 Å². The first kappa shape index (κ1) is 22.1. The van der Waals surface area contributed by atoms with E-state index in [-0.39, 0.29) is 29.3 Å². The summed E-state index contributed by atoms with van der Waals surface area (Å²) in [6.07, 6.45) is 3.99. The second-order valence-electron chi connectivity index (χ2n) is 7.67. The summed E-state index contributed by atoms with van der Waals surface area (Å²) in [6.45, 7) is 3.54. The molecule has 3 aromatic heterocycles. The first-order valence-corrected chi connectivity index (χ1v) is 10.7. The monoisotopic (exact) mass is 448 g/mol. The standard InChI is InChI=1S/C23H24N6O4/c1-3-5-18-19(9-8-17(14(2)30)22(18)32)33-13-15-6-4-11-29-21(31)12-16(24-23(15)29)7-10-20-25-27-28-26-20/h4,6,8-9,11-12,32H,3,5,7,10,13H2,1-2H3,(H,25,26,27,28). The van der Waals surface area contributed by atoms with Crippen molar-refractivity contribution in [3.8, 4) is 11.5 Å². The van der Waals surface area contributed by atoms with Crippen molar-refractivity contribution in [2.75, 3.05) is 0 Å². The molecule has 10 heteroatoms. The number of nitrogens with zero attached hydrogens (tertiary/aromatic N) is 5. The summed E-state index contributed by atoms with van der Waals surface area (Å²) in [5, 5.41) is 24.4. The number of ether oxygens (including phenoxy) is 1. The zero-order valence-electron chi connectivity index (χ0n) is 18.4. The molecular formula is C23H24N6O4. The molecule has 33 heavy (non-hydrogen) atoms. The topological polar surface area (TPSA) is 135 Å². The quantitative estimate of drug-likeness (QED) is 0.373. The number of pyridine rings is 1. The van der Waals surface area contributed by atoms with Gasteiger partial charge in [-0.1, -0.05) is 24.6 Å². The fourth-order valence-electron chi connectivity index (χ4n) is 3.68. The molecule has 0 aliphatic heterocycles. The number of hydrogen-bond donors (Lipinski definition) is 2. The van der Waals surface area contributed by atoms with E-state index < -0.39 is 0 Å². The zero-order chi connectivity index (χ0) is 23.4. The lowest BCUT2D eigenvalue weighted by molar-refractivity contribution is 0.101. The summed E-state index contributed by atoms with van der Waals surface area (Å²) in [6, 6.07) is 8.36. The number of ketones is 1. The van der Waals surface area contributed by atoms with Crippen molar-refractivity contribution in [2.24, 2.45) is 0 Å². The van der Waals surface area contributed by atoms with Gasteiger partial charge in [0.1, 0.15) is 23.8 Å². The smallest absolute Gasteiger partial charge is 0.258 e. The van der Waals surface area contributed by atoms with E-state index in [1.54, 1.807) is 24.4 Å². The third-order valence-corrected chi connectivity index (χ3v) is 5.32. The number of rotatable bonds is 9. The molecule has 0 saturated carbocycles. The van der Waals surface area contributed by atoms with Crippen LogP contribution in [0.25, 0.3) is 5.65 Å². The summed E-state index contributed by atoms with van der Waals surface area (Å²) in [5.41, 5.74) is 2.50. The second kappa shape index (κ2) is 9.60. The number of Topliss-reactive ketones (excluding diaryl/α,β-unsaturated/α-hetero) is 1. The first-order valence-electron chi connectivity index (χ1n) is 10.7. The maximum atomic E-state index is 12.6. The Morgan fingerprint density at radius 3 is 2.79 bits per heavy atom. The minimum Gasteiger partial charge on any atom is -0.507 e. The van der Waals surface area contributed by atoms with Crippen LogP contribution in [-0.4, -0.2) is 40.9 Å². The number of fused-ring (bicyclic) bond motifs is 1. The Labute approximate surface area is 189 Å². The van der Waals surface area contributed by atoms with E-state index in [2.05, 4.69) is 25.6 Å². The third-order valence-electron chi connectivity index (χ3n) is 5.32. The molecule has 1 aromatic carbocycles. The van der Waals surface area contributed by atoms with Gasteiger partial charge in [0.2, 0.25) is 0 Å².